The van der Waals surface area contributed by atoms with Gasteiger partial charge in [-0.25, -0.2) is 4.99 Å². The minimum Gasteiger partial charge on any atom is -0.388 e. The van der Waals surface area contributed by atoms with E-state index >= 15 is 0 Å². The summed E-state index contributed by atoms with van der Waals surface area (Å²) >= 11 is 0. The molecule has 0 N–H and O–H groups in total. The second-order valence-corrected chi connectivity index (χ2v) is 4.52. The average molecular weight is 182 g/mol. The molecule has 0 aliphatic carbocycles. The van der Waals surface area contributed by atoms with Crippen molar-refractivity contribution in [2.75, 3.05) is 0 Å². The maximum Gasteiger partial charge on any atom is 0.211 e. The van der Waals surface area contributed by atoms with Crippen LogP contribution in [0.5, 0.6) is 0 Å². The number of hydrogen-bond acceptors (Lipinski definition) is 3. The van der Waals surface area contributed by atoms with Crippen molar-refractivity contribution in [3.8, 4) is 0 Å². The summed E-state index contributed by atoms with van der Waals surface area (Å²) in [6.45, 7) is 6.59. The molecule has 0 bridgehead atoms. The first-order valence-electron chi connectivity index (χ1n) is 5.17. The summed E-state index contributed by atoms with van der Waals surface area (Å²) in [5.41, 5.74) is 0.170. The molecule has 2 heterocycles. The zero-order valence-corrected chi connectivity index (χ0v) is 8.71. The fourth-order valence-corrected chi connectivity index (χ4v) is 2.04. The van der Waals surface area contributed by atoms with Crippen LogP contribution in [0.25, 0.3) is 0 Å². The maximum atomic E-state index is 5.72. The molecule has 0 aromatic rings. The van der Waals surface area contributed by atoms with E-state index in [2.05, 4.69) is 30.8 Å². The Morgan fingerprint density at radius 1 is 1.62 bits per heavy atom. The van der Waals surface area contributed by atoms with Crippen LogP contribution >= 0.6 is 0 Å². The van der Waals surface area contributed by atoms with Crippen LogP contribution in [-0.2, 0) is 4.84 Å². The van der Waals surface area contributed by atoms with Gasteiger partial charge in [0, 0.05) is 6.42 Å². The van der Waals surface area contributed by atoms with Crippen LogP contribution in [0.2, 0.25) is 0 Å². The lowest BCUT2D eigenvalue weighted by molar-refractivity contribution is -0.127. The molecule has 2 aliphatic rings. The van der Waals surface area contributed by atoms with Gasteiger partial charge in [0.2, 0.25) is 5.90 Å². The second kappa shape index (κ2) is 2.98. The summed E-state index contributed by atoms with van der Waals surface area (Å²) in [6.07, 6.45) is 4.71. The number of hydroxylamine groups is 2. The molecule has 0 radical (unpaired) electrons. The number of fused-ring (bicyclic) bond motifs is 1. The van der Waals surface area contributed by atoms with E-state index in [1.165, 1.54) is 6.42 Å². The number of hydrogen-bond donors (Lipinski definition) is 0. The molecule has 0 aromatic carbocycles. The third-order valence-electron chi connectivity index (χ3n) is 2.84. The van der Waals surface area contributed by atoms with E-state index in [0.29, 0.717) is 6.17 Å². The fourth-order valence-electron chi connectivity index (χ4n) is 2.04. The van der Waals surface area contributed by atoms with Crippen LogP contribution in [-0.4, -0.2) is 22.7 Å². The zero-order valence-electron chi connectivity index (χ0n) is 8.71. The van der Waals surface area contributed by atoms with E-state index in [1.54, 1.807) is 0 Å². The van der Waals surface area contributed by atoms with Crippen molar-refractivity contribution in [3.63, 3.8) is 0 Å². The number of aliphatic imine (C=N–C) groups is 1. The lowest BCUT2D eigenvalue weighted by Gasteiger charge is -2.28. The van der Waals surface area contributed by atoms with Gasteiger partial charge in [-0.1, -0.05) is 6.92 Å². The van der Waals surface area contributed by atoms with E-state index in [0.717, 1.165) is 25.2 Å². The first-order valence-corrected chi connectivity index (χ1v) is 5.17. The van der Waals surface area contributed by atoms with Crippen molar-refractivity contribution in [2.24, 2.45) is 4.99 Å². The van der Waals surface area contributed by atoms with Gasteiger partial charge in [0.05, 0.1) is 5.54 Å². The summed E-state index contributed by atoms with van der Waals surface area (Å²) in [5, 5.41) is 2.07. The third kappa shape index (κ3) is 1.46. The highest BCUT2D eigenvalue weighted by Crippen LogP contribution is 2.37. The highest BCUT2D eigenvalue weighted by molar-refractivity contribution is 5.77. The van der Waals surface area contributed by atoms with Gasteiger partial charge in [0.15, 0.2) is 0 Å². The maximum absolute atomic E-state index is 5.72. The van der Waals surface area contributed by atoms with Gasteiger partial charge in [0.1, 0.15) is 6.17 Å². The zero-order chi connectivity index (χ0) is 9.47. The quantitative estimate of drug-likeness (QED) is 0.654. The first kappa shape index (κ1) is 9.00. The molecule has 0 saturated carbocycles. The van der Waals surface area contributed by atoms with Gasteiger partial charge in [-0.15, -0.1) is 5.06 Å². The largest absolute Gasteiger partial charge is 0.388 e. The van der Waals surface area contributed by atoms with Gasteiger partial charge in [0.25, 0.3) is 0 Å². The molecule has 74 valence electrons. The first-order chi connectivity index (χ1) is 6.13. The molecule has 0 amide bonds. The summed E-state index contributed by atoms with van der Waals surface area (Å²) in [6, 6.07) is 0. The van der Waals surface area contributed by atoms with Crippen molar-refractivity contribution in [3.05, 3.63) is 0 Å². The third-order valence-corrected chi connectivity index (χ3v) is 2.84. The molecule has 3 heteroatoms. The summed E-state index contributed by atoms with van der Waals surface area (Å²) in [7, 11) is 0. The van der Waals surface area contributed by atoms with Crippen molar-refractivity contribution in [2.45, 2.75) is 58.2 Å². The van der Waals surface area contributed by atoms with Crippen molar-refractivity contribution in [1.82, 2.24) is 5.06 Å². The molecule has 13 heavy (non-hydrogen) atoms. The van der Waals surface area contributed by atoms with Crippen LogP contribution in [0.1, 0.15) is 46.5 Å². The van der Waals surface area contributed by atoms with E-state index in [4.69, 9.17) is 4.84 Å². The van der Waals surface area contributed by atoms with E-state index in [1.807, 2.05) is 0 Å². The molecule has 2 rings (SSSR count). The molecule has 1 atom stereocenters. The van der Waals surface area contributed by atoms with Crippen molar-refractivity contribution < 1.29 is 4.84 Å². The second-order valence-electron chi connectivity index (χ2n) is 4.52. The Bertz CT molecular complexity index is 235. The Labute approximate surface area is 79.7 Å². The Balaban J connectivity index is 2.05. The van der Waals surface area contributed by atoms with Gasteiger partial charge >= 0.3 is 0 Å². The Kier molecular flexibility index (Phi) is 2.06. The highest BCUT2D eigenvalue weighted by Gasteiger charge is 2.45. The van der Waals surface area contributed by atoms with Gasteiger partial charge in [-0.2, -0.15) is 0 Å². The highest BCUT2D eigenvalue weighted by atomic mass is 16.7. The molecule has 0 spiro atoms. The van der Waals surface area contributed by atoms with Crippen molar-refractivity contribution in [1.29, 1.82) is 0 Å². The van der Waals surface area contributed by atoms with Crippen LogP contribution < -0.4 is 0 Å². The topological polar surface area (TPSA) is 24.8 Å². The monoisotopic (exact) mass is 182 g/mol. The normalized spacial score (nSPS) is 31.3. The van der Waals surface area contributed by atoms with Crippen LogP contribution in [0, 0.1) is 0 Å². The van der Waals surface area contributed by atoms with Crippen LogP contribution in [0.4, 0.5) is 0 Å². The number of nitrogens with zero attached hydrogens (tertiary/aromatic N) is 2. The Hall–Kier alpha value is -0.570. The summed E-state index contributed by atoms with van der Waals surface area (Å²) < 4.78 is 0. The Morgan fingerprint density at radius 2 is 2.38 bits per heavy atom. The van der Waals surface area contributed by atoms with Gasteiger partial charge < -0.3 is 4.84 Å². The molecule has 0 aromatic heterocycles. The smallest absolute Gasteiger partial charge is 0.211 e. The Morgan fingerprint density at radius 3 is 3.00 bits per heavy atom. The molecule has 1 fully saturated rings. The summed E-state index contributed by atoms with van der Waals surface area (Å²) in [5.74, 6) is 0.931. The minimum absolute atomic E-state index is 0.170. The van der Waals surface area contributed by atoms with E-state index in [9.17, 15) is 0 Å². The summed E-state index contributed by atoms with van der Waals surface area (Å²) in [4.78, 5) is 10.3. The van der Waals surface area contributed by atoms with E-state index in [-0.39, 0.29) is 5.54 Å². The predicted octanol–water partition coefficient (Wildman–Crippen LogP) is 2.33. The SMILES string of the molecule is CCCC1=NC2CCC(C)(C)N2O1. The molecule has 3 nitrogen and oxygen atoms in total. The van der Waals surface area contributed by atoms with E-state index < -0.39 is 0 Å². The molecular formula is C10H18N2O. The van der Waals surface area contributed by atoms with Crippen molar-refractivity contribution >= 4 is 5.90 Å². The predicted molar refractivity (Wildman–Crippen MR) is 52.4 cm³/mol. The fraction of sp³-hybridized carbons (Fsp3) is 0.900. The lowest BCUT2D eigenvalue weighted by atomic mass is 10.0. The lowest BCUT2D eigenvalue weighted by Crippen LogP contribution is -2.39. The standard InChI is InChI=1S/C10H18N2O/c1-4-5-9-11-8-6-7-10(2,3)12(8)13-9/h8H,4-7H2,1-3H3. The minimum atomic E-state index is 0.170. The molecule has 2 aliphatic heterocycles. The molecule has 1 unspecified atom stereocenters. The van der Waals surface area contributed by atoms with Gasteiger partial charge in [-0.3, -0.25) is 0 Å². The molecule has 1 saturated heterocycles. The van der Waals surface area contributed by atoms with Gasteiger partial charge in [-0.05, 0) is 33.1 Å². The number of rotatable bonds is 2. The molecular weight excluding hydrogens is 164 g/mol. The van der Waals surface area contributed by atoms with Crippen LogP contribution in [0.3, 0.4) is 0 Å². The average Bonchev–Trinajstić information content (AvgIpc) is 2.55. The van der Waals surface area contributed by atoms with Crippen LogP contribution in [0.15, 0.2) is 4.99 Å².